The minimum absolute atomic E-state index is 0.247. The normalized spacial score (nSPS) is 18.0. The number of ether oxygens (including phenoxy) is 4. The summed E-state index contributed by atoms with van der Waals surface area (Å²) >= 11 is 0. The van der Waals surface area contributed by atoms with Crippen molar-refractivity contribution in [1.82, 2.24) is 15.2 Å². The van der Waals surface area contributed by atoms with E-state index >= 15 is 0 Å². The maximum atomic E-state index is 12.3. The van der Waals surface area contributed by atoms with E-state index in [4.69, 9.17) is 18.9 Å². The van der Waals surface area contributed by atoms with Gasteiger partial charge in [0.1, 0.15) is 0 Å². The highest BCUT2D eigenvalue weighted by atomic mass is 16.5. The van der Waals surface area contributed by atoms with Crippen molar-refractivity contribution in [3.63, 3.8) is 0 Å². The maximum Gasteiger partial charge on any atom is 0.262 e. The van der Waals surface area contributed by atoms with E-state index in [9.17, 15) is 4.79 Å². The predicted octanol–water partition coefficient (Wildman–Crippen LogP) is 2.55. The predicted molar refractivity (Wildman–Crippen MR) is 104 cm³/mol. The zero-order chi connectivity index (χ0) is 20.5. The maximum absolute atomic E-state index is 12.3. The molecule has 1 aliphatic heterocycles. The van der Waals surface area contributed by atoms with E-state index in [1.165, 1.54) is 33.3 Å². The van der Waals surface area contributed by atoms with Crippen LogP contribution in [0.5, 0.6) is 17.2 Å². The van der Waals surface area contributed by atoms with Crippen LogP contribution in [0.3, 0.4) is 0 Å². The second-order valence-corrected chi connectivity index (χ2v) is 6.93. The van der Waals surface area contributed by atoms with Crippen LogP contribution < -0.4 is 14.2 Å². The van der Waals surface area contributed by atoms with E-state index in [0.29, 0.717) is 34.4 Å². The van der Waals surface area contributed by atoms with Crippen LogP contribution >= 0.6 is 0 Å². The van der Waals surface area contributed by atoms with E-state index in [1.54, 1.807) is 12.1 Å². The molecule has 2 aliphatic rings. The third-order valence-electron chi connectivity index (χ3n) is 5.20. The second kappa shape index (κ2) is 7.65. The van der Waals surface area contributed by atoms with E-state index in [0.717, 1.165) is 36.9 Å². The van der Waals surface area contributed by atoms with Gasteiger partial charge in [-0.25, -0.2) is 0 Å². The molecule has 2 aromatic rings. The molecular formula is C20H24N4O5. The van der Waals surface area contributed by atoms with Gasteiger partial charge in [0.05, 0.1) is 21.3 Å². The summed E-state index contributed by atoms with van der Waals surface area (Å²) < 4.78 is 22.4. The average molecular weight is 400 g/mol. The Hall–Kier alpha value is -3.23. The Labute approximate surface area is 168 Å². The highest BCUT2D eigenvalue weighted by Crippen LogP contribution is 2.42. The number of rotatable bonds is 5. The van der Waals surface area contributed by atoms with E-state index in [-0.39, 0.29) is 5.91 Å². The summed E-state index contributed by atoms with van der Waals surface area (Å²) in [6, 6.07) is 3.50. The lowest BCUT2D eigenvalue weighted by molar-refractivity contribution is -0.135. The minimum Gasteiger partial charge on any atom is -0.493 e. The first-order valence-corrected chi connectivity index (χ1v) is 9.48. The Kier molecular flexibility index (Phi) is 5.04. The Morgan fingerprint density at radius 3 is 2.45 bits per heavy atom. The molecule has 0 unspecified atom stereocenters. The number of hydrogen-bond donors (Lipinski definition) is 1. The molecule has 0 spiro atoms. The molecule has 0 bridgehead atoms. The number of aromatic nitrogens is 2. The zero-order valence-corrected chi connectivity index (χ0v) is 16.9. The molecule has 9 heteroatoms. The molecule has 9 nitrogen and oxygen atoms in total. The van der Waals surface area contributed by atoms with Gasteiger partial charge in [-0.3, -0.25) is 9.89 Å². The summed E-state index contributed by atoms with van der Waals surface area (Å²) in [6.45, 7) is 1.45. The Bertz CT molecular complexity index is 943. The van der Waals surface area contributed by atoms with Crippen LogP contribution in [0.1, 0.15) is 48.5 Å². The van der Waals surface area contributed by atoms with Crippen LogP contribution in [-0.4, -0.2) is 48.3 Å². The van der Waals surface area contributed by atoms with E-state index in [2.05, 4.69) is 15.3 Å². The average Bonchev–Trinajstić information content (AvgIpc) is 3.37. The standard InChI is InChI=1S/C20H24N4O5/c1-11(25)24-20(12-9-15(26-2)18(28-4)16(10-12)27-3)29-19(23-24)17-13-7-5-6-8-14(13)21-22-17/h9-10,20H,5-8H2,1-4H3,(H,21,22)/t20-/m1/s1. The van der Waals surface area contributed by atoms with Crippen molar-refractivity contribution in [3.8, 4) is 17.2 Å². The lowest BCUT2D eigenvalue weighted by Crippen LogP contribution is -2.25. The van der Waals surface area contributed by atoms with Gasteiger partial charge in [0.15, 0.2) is 17.2 Å². The molecule has 29 heavy (non-hydrogen) atoms. The van der Waals surface area contributed by atoms with Gasteiger partial charge >= 0.3 is 0 Å². The largest absolute Gasteiger partial charge is 0.493 e. The lowest BCUT2D eigenvalue weighted by Gasteiger charge is -2.21. The highest BCUT2D eigenvalue weighted by molar-refractivity contribution is 5.96. The SMILES string of the molecule is COc1cc([C@H]2OC(c3n[nH]c4c3CCCC4)=NN2C(C)=O)cc(OC)c1OC. The van der Waals surface area contributed by atoms with Gasteiger partial charge in [-0.1, -0.05) is 0 Å². The molecule has 154 valence electrons. The van der Waals surface area contributed by atoms with Crippen molar-refractivity contribution in [3.05, 3.63) is 34.6 Å². The molecule has 1 N–H and O–H groups in total. The summed E-state index contributed by atoms with van der Waals surface area (Å²) in [7, 11) is 4.62. The van der Waals surface area contributed by atoms with Crippen LogP contribution in [0.15, 0.2) is 17.2 Å². The van der Waals surface area contributed by atoms with Gasteiger partial charge in [0.25, 0.3) is 5.90 Å². The molecule has 0 radical (unpaired) electrons. The van der Waals surface area contributed by atoms with E-state index in [1.807, 2.05) is 0 Å². The fourth-order valence-corrected chi connectivity index (χ4v) is 3.78. The number of aromatic amines is 1. The third-order valence-corrected chi connectivity index (χ3v) is 5.20. The Morgan fingerprint density at radius 2 is 1.83 bits per heavy atom. The number of methoxy groups -OCH3 is 3. The summed E-state index contributed by atoms with van der Waals surface area (Å²) in [6.07, 6.45) is 3.35. The van der Waals surface area contributed by atoms with Crippen LogP contribution in [0.25, 0.3) is 0 Å². The molecule has 1 aliphatic carbocycles. The monoisotopic (exact) mass is 400 g/mol. The van der Waals surface area contributed by atoms with Crippen molar-refractivity contribution in [2.75, 3.05) is 21.3 Å². The van der Waals surface area contributed by atoms with Gasteiger partial charge in [-0.05, 0) is 37.8 Å². The molecule has 0 fully saturated rings. The quantitative estimate of drug-likeness (QED) is 0.828. The van der Waals surface area contributed by atoms with Crippen molar-refractivity contribution in [2.24, 2.45) is 5.10 Å². The number of aryl methyl sites for hydroxylation is 1. The third kappa shape index (κ3) is 3.26. The summed E-state index contributed by atoms with van der Waals surface area (Å²) in [5.74, 6) is 1.49. The fraction of sp³-hybridized carbons (Fsp3) is 0.450. The number of nitrogens with zero attached hydrogens (tertiary/aromatic N) is 3. The first kappa shape index (κ1) is 19.1. The van der Waals surface area contributed by atoms with Crippen LogP contribution in [0, 0.1) is 0 Å². The van der Waals surface area contributed by atoms with Crippen molar-refractivity contribution >= 4 is 11.8 Å². The van der Waals surface area contributed by atoms with Crippen LogP contribution in [0.4, 0.5) is 0 Å². The minimum atomic E-state index is -0.757. The number of H-pyrrole nitrogens is 1. The number of benzene rings is 1. The number of nitrogens with one attached hydrogen (secondary N) is 1. The Balaban J connectivity index is 1.72. The number of carbonyl (C=O) groups excluding carboxylic acids is 1. The van der Waals surface area contributed by atoms with Crippen molar-refractivity contribution in [2.45, 2.75) is 38.8 Å². The topological polar surface area (TPSA) is 98.3 Å². The molecule has 0 saturated heterocycles. The van der Waals surface area contributed by atoms with Gasteiger partial charge < -0.3 is 18.9 Å². The zero-order valence-electron chi connectivity index (χ0n) is 16.9. The summed E-state index contributed by atoms with van der Waals surface area (Å²) in [4.78, 5) is 12.3. The van der Waals surface area contributed by atoms with Crippen molar-refractivity contribution < 1.29 is 23.7 Å². The number of carbonyl (C=O) groups is 1. The molecule has 1 aromatic carbocycles. The van der Waals surface area contributed by atoms with Gasteiger partial charge in [-0.2, -0.15) is 10.1 Å². The molecule has 0 saturated carbocycles. The fourth-order valence-electron chi connectivity index (χ4n) is 3.78. The summed E-state index contributed by atoms with van der Waals surface area (Å²) in [5, 5.41) is 13.2. The molecule has 4 rings (SSSR count). The first-order valence-electron chi connectivity index (χ1n) is 9.48. The van der Waals surface area contributed by atoms with Crippen LogP contribution in [-0.2, 0) is 22.4 Å². The number of fused-ring (bicyclic) bond motifs is 1. The molecular weight excluding hydrogens is 376 g/mol. The van der Waals surface area contributed by atoms with E-state index < -0.39 is 6.23 Å². The van der Waals surface area contributed by atoms with Crippen LogP contribution in [0.2, 0.25) is 0 Å². The van der Waals surface area contributed by atoms with Gasteiger partial charge in [0, 0.05) is 23.7 Å². The molecule has 1 aromatic heterocycles. The van der Waals surface area contributed by atoms with Gasteiger partial charge in [0.2, 0.25) is 17.9 Å². The Morgan fingerprint density at radius 1 is 1.14 bits per heavy atom. The smallest absolute Gasteiger partial charge is 0.262 e. The van der Waals surface area contributed by atoms with Crippen molar-refractivity contribution in [1.29, 1.82) is 0 Å². The molecule has 1 amide bonds. The number of hydrazone groups is 1. The molecule has 1 atom stereocenters. The summed E-state index contributed by atoms with van der Waals surface area (Å²) in [5.41, 5.74) is 3.55. The molecule has 2 heterocycles. The first-order chi connectivity index (χ1) is 14.1. The number of amides is 1. The second-order valence-electron chi connectivity index (χ2n) is 6.93. The van der Waals surface area contributed by atoms with Gasteiger partial charge in [-0.15, -0.1) is 5.10 Å². The number of hydrogen-bond acceptors (Lipinski definition) is 7. The lowest BCUT2D eigenvalue weighted by atomic mass is 9.96. The highest BCUT2D eigenvalue weighted by Gasteiger charge is 2.37.